The first-order valence-electron chi connectivity index (χ1n) is 11.0. The summed E-state index contributed by atoms with van der Waals surface area (Å²) in [6, 6.07) is 7.16. The van der Waals surface area contributed by atoms with Crippen LogP contribution in [0.4, 0.5) is 0 Å². The van der Waals surface area contributed by atoms with Gasteiger partial charge in [-0.3, -0.25) is 4.79 Å². The molecule has 2 aliphatic rings. The van der Waals surface area contributed by atoms with E-state index in [1.165, 1.54) is 19.3 Å². The number of nitrogens with one attached hydrogen (secondary N) is 1. The molecule has 162 valence electrons. The fourth-order valence-corrected chi connectivity index (χ4v) is 6.08. The minimum Gasteiger partial charge on any atom is -0.355 e. The van der Waals surface area contributed by atoms with Crippen molar-refractivity contribution in [1.29, 1.82) is 0 Å². The molecule has 2 aliphatic heterocycles. The van der Waals surface area contributed by atoms with Gasteiger partial charge in [0.1, 0.15) is 0 Å². The Hall–Kier alpha value is -1.44. The Kier molecular flexibility index (Phi) is 8.09. The Morgan fingerprint density at radius 2 is 1.76 bits per heavy atom. The summed E-state index contributed by atoms with van der Waals surface area (Å²) >= 11 is 0. The van der Waals surface area contributed by atoms with Crippen molar-refractivity contribution in [3.8, 4) is 0 Å². The van der Waals surface area contributed by atoms with E-state index in [2.05, 4.69) is 10.2 Å². The van der Waals surface area contributed by atoms with E-state index < -0.39 is 10.0 Å². The Balaban J connectivity index is 1.36. The van der Waals surface area contributed by atoms with Crippen LogP contribution in [0.2, 0.25) is 0 Å². The number of carbonyl (C=O) groups excluding carboxylic acids is 1. The highest BCUT2D eigenvalue weighted by molar-refractivity contribution is 7.89. The van der Waals surface area contributed by atoms with Crippen LogP contribution in [0.1, 0.15) is 50.5 Å². The van der Waals surface area contributed by atoms with E-state index in [1.54, 1.807) is 16.4 Å². The highest BCUT2D eigenvalue weighted by Crippen LogP contribution is 2.27. The minimum atomic E-state index is -3.42. The van der Waals surface area contributed by atoms with Gasteiger partial charge < -0.3 is 10.2 Å². The fraction of sp³-hybridized carbons (Fsp3) is 0.682. The maximum atomic E-state index is 12.9. The Morgan fingerprint density at radius 3 is 2.45 bits per heavy atom. The number of sulfonamides is 1. The van der Waals surface area contributed by atoms with Crippen molar-refractivity contribution in [1.82, 2.24) is 14.5 Å². The molecule has 0 spiro atoms. The van der Waals surface area contributed by atoms with E-state index in [9.17, 15) is 13.2 Å². The Labute approximate surface area is 175 Å². The maximum absolute atomic E-state index is 12.9. The smallest absolute Gasteiger partial charge is 0.243 e. The summed E-state index contributed by atoms with van der Waals surface area (Å²) in [7, 11) is -3.42. The summed E-state index contributed by atoms with van der Waals surface area (Å²) < 4.78 is 27.4. The quantitative estimate of drug-likeness (QED) is 0.701. The number of amides is 1. The van der Waals surface area contributed by atoms with Gasteiger partial charge in [0.25, 0.3) is 0 Å². The van der Waals surface area contributed by atoms with Crippen molar-refractivity contribution in [2.45, 2.75) is 56.8 Å². The van der Waals surface area contributed by atoms with Crippen LogP contribution in [-0.2, 0) is 14.8 Å². The third kappa shape index (κ3) is 6.27. The standard InChI is InChI=1S/C22H35N3O3S/c1-19-7-3-4-8-21(19)29(27,28)25-16-11-20(12-17-25)9-10-22(26)23-13-18-24-14-5-2-6-15-24/h3-4,7-8,20H,2,5-6,9-18H2,1H3,(H,23,26). The second-order valence-corrected chi connectivity index (χ2v) is 10.3. The molecule has 0 unspecified atom stereocenters. The molecule has 0 bridgehead atoms. The monoisotopic (exact) mass is 421 g/mol. The van der Waals surface area contributed by atoms with Crippen LogP contribution in [0, 0.1) is 12.8 Å². The van der Waals surface area contributed by atoms with Crippen LogP contribution < -0.4 is 5.32 Å². The molecule has 1 aromatic carbocycles. The van der Waals surface area contributed by atoms with Crippen molar-refractivity contribution in [3.05, 3.63) is 29.8 Å². The van der Waals surface area contributed by atoms with Gasteiger partial charge in [-0.1, -0.05) is 24.6 Å². The van der Waals surface area contributed by atoms with Crippen LogP contribution in [0.3, 0.4) is 0 Å². The molecule has 2 saturated heterocycles. The number of rotatable bonds is 8. The van der Waals surface area contributed by atoms with E-state index in [0.29, 0.717) is 30.3 Å². The molecule has 0 aliphatic carbocycles. The molecular formula is C22H35N3O3S. The van der Waals surface area contributed by atoms with Gasteiger partial charge in [0.2, 0.25) is 15.9 Å². The number of likely N-dealkylation sites (tertiary alicyclic amines) is 1. The lowest BCUT2D eigenvalue weighted by atomic mass is 9.93. The van der Waals surface area contributed by atoms with Gasteiger partial charge in [0.05, 0.1) is 4.90 Å². The maximum Gasteiger partial charge on any atom is 0.243 e. The zero-order valence-corrected chi connectivity index (χ0v) is 18.4. The third-order valence-corrected chi connectivity index (χ3v) is 8.32. The molecule has 0 atom stereocenters. The zero-order chi connectivity index (χ0) is 20.7. The molecule has 29 heavy (non-hydrogen) atoms. The summed E-state index contributed by atoms with van der Waals surface area (Å²) in [6.07, 6.45) is 6.90. The van der Waals surface area contributed by atoms with Crippen molar-refractivity contribution < 1.29 is 13.2 Å². The topological polar surface area (TPSA) is 69.7 Å². The molecule has 1 aromatic rings. The summed E-state index contributed by atoms with van der Waals surface area (Å²) in [5.74, 6) is 0.545. The molecule has 0 saturated carbocycles. The van der Waals surface area contributed by atoms with Gasteiger partial charge in [0, 0.05) is 32.6 Å². The molecule has 1 N–H and O–H groups in total. The molecule has 0 aromatic heterocycles. The lowest BCUT2D eigenvalue weighted by Crippen LogP contribution is -2.39. The number of hydrogen-bond acceptors (Lipinski definition) is 4. The lowest BCUT2D eigenvalue weighted by molar-refractivity contribution is -0.121. The van der Waals surface area contributed by atoms with Gasteiger partial charge in [-0.05, 0) is 69.7 Å². The van der Waals surface area contributed by atoms with Crippen molar-refractivity contribution >= 4 is 15.9 Å². The van der Waals surface area contributed by atoms with Crippen molar-refractivity contribution in [2.24, 2.45) is 5.92 Å². The summed E-state index contributed by atoms with van der Waals surface area (Å²) in [5.41, 5.74) is 0.788. The van der Waals surface area contributed by atoms with Crippen molar-refractivity contribution in [3.63, 3.8) is 0 Å². The normalized spacial score (nSPS) is 19.9. The molecule has 0 radical (unpaired) electrons. The fourth-order valence-electron chi connectivity index (χ4n) is 4.38. The number of benzene rings is 1. The van der Waals surface area contributed by atoms with E-state index in [-0.39, 0.29) is 5.91 Å². The number of carbonyl (C=O) groups is 1. The van der Waals surface area contributed by atoms with Crippen LogP contribution in [-0.4, -0.2) is 62.8 Å². The van der Waals surface area contributed by atoms with Crippen LogP contribution in [0.25, 0.3) is 0 Å². The van der Waals surface area contributed by atoms with E-state index in [1.807, 2.05) is 19.1 Å². The first kappa shape index (κ1) is 22.2. The first-order valence-corrected chi connectivity index (χ1v) is 12.5. The van der Waals surface area contributed by atoms with E-state index in [0.717, 1.165) is 51.0 Å². The highest BCUT2D eigenvalue weighted by Gasteiger charge is 2.30. The number of aryl methyl sites for hydroxylation is 1. The van der Waals surface area contributed by atoms with E-state index >= 15 is 0 Å². The van der Waals surface area contributed by atoms with Gasteiger partial charge in [-0.15, -0.1) is 0 Å². The number of hydrogen-bond donors (Lipinski definition) is 1. The number of nitrogens with zero attached hydrogens (tertiary/aromatic N) is 2. The lowest BCUT2D eigenvalue weighted by Gasteiger charge is -2.31. The van der Waals surface area contributed by atoms with Crippen LogP contribution >= 0.6 is 0 Å². The predicted molar refractivity (Wildman–Crippen MR) is 115 cm³/mol. The number of piperidine rings is 2. The Bertz CT molecular complexity index is 767. The van der Waals surface area contributed by atoms with Gasteiger partial charge in [-0.2, -0.15) is 4.31 Å². The summed E-state index contributed by atoms with van der Waals surface area (Å²) in [5, 5.41) is 3.04. The zero-order valence-electron chi connectivity index (χ0n) is 17.6. The molecule has 2 heterocycles. The molecule has 7 heteroatoms. The van der Waals surface area contributed by atoms with Gasteiger partial charge >= 0.3 is 0 Å². The summed E-state index contributed by atoms with van der Waals surface area (Å²) in [4.78, 5) is 15.0. The molecular weight excluding hydrogens is 386 g/mol. The SMILES string of the molecule is Cc1ccccc1S(=O)(=O)N1CCC(CCC(=O)NCCN2CCCCC2)CC1. The minimum absolute atomic E-state index is 0.122. The van der Waals surface area contributed by atoms with Crippen molar-refractivity contribution in [2.75, 3.05) is 39.3 Å². The second kappa shape index (κ2) is 10.5. The van der Waals surface area contributed by atoms with Crippen LogP contribution in [0.5, 0.6) is 0 Å². The molecule has 3 rings (SSSR count). The average molecular weight is 422 g/mol. The third-order valence-electron chi connectivity index (χ3n) is 6.26. The largest absolute Gasteiger partial charge is 0.355 e. The van der Waals surface area contributed by atoms with E-state index in [4.69, 9.17) is 0 Å². The van der Waals surface area contributed by atoms with Gasteiger partial charge in [0.15, 0.2) is 0 Å². The summed E-state index contributed by atoms with van der Waals surface area (Å²) in [6.45, 7) is 6.89. The van der Waals surface area contributed by atoms with Gasteiger partial charge in [-0.25, -0.2) is 8.42 Å². The average Bonchev–Trinajstić information content (AvgIpc) is 2.73. The molecule has 1 amide bonds. The Morgan fingerprint density at radius 1 is 1.07 bits per heavy atom. The first-order chi connectivity index (χ1) is 14.0. The highest BCUT2D eigenvalue weighted by atomic mass is 32.2. The van der Waals surface area contributed by atoms with Crippen LogP contribution in [0.15, 0.2) is 29.2 Å². The second-order valence-electron chi connectivity index (χ2n) is 8.40. The molecule has 6 nitrogen and oxygen atoms in total. The predicted octanol–water partition coefficient (Wildman–Crippen LogP) is 2.78. The molecule has 2 fully saturated rings.